The minimum atomic E-state index is -1.25. The minimum absolute atomic E-state index is 0.124. The Morgan fingerprint density at radius 2 is 2.04 bits per heavy atom. The lowest BCUT2D eigenvalue weighted by atomic mass is 10.0. The van der Waals surface area contributed by atoms with Crippen LogP contribution < -0.4 is 15.6 Å². The quantitative estimate of drug-likeness (QED) is 0.0624. The first-order chi connectivity index (χ1) is 24.1. The van der Waals surface area contributed by atoms with Crippen molar-refractivity contribution in [2.45, 2.75) is 43.8 Å². The van der Waals surface area contributed by atoms with Gasteiger partial charge in [-0.2, -0.15) is 0 Å². The lowest BCUT2D eigenvalue weighted by Crippen LogP contribution is -2.71. The van der Waals surface area contributed by atoms with Crippen molar-refractivity contribution in [2.24, 2.45) is 5.16 Å². The fourth-order valence-electron chi connectivity index (χ4n) is 6.51. The molecule has 5 N–H and O–H groups in total. The molecule has 3 aliphatic heterocycles. The normalized spacial score (nSPS) is 19.4. The van der Waals surface area contributed by atoms with E-state index in [1.807, 2.05) is 37.1 Å². The van der Waals surface area contributed by atoms with E-state index in [0.29, 0.717) is 28.3 Å². The topological polar surface area (TPSA) is 188 Å². The molecular weight excluding hydrogens is 688 g/mol. The van der Waals surface area contributed by atoms with E-state index in [1.165, 1.54) is 29.8 Å². The van der Waals surface area contributed by atoms with E-state index in [9.17, 15) is 19.5 Å². The summed E-state index contributed by atoms with van der Waals surface area (Å²) in [6.07, 6.45) is 8.65. The summed E-state index contributed by atoms with van der Waals surface area (Å²) < 4.78 is 20.8. The zero-order chi connectivity index (χ0) is 35.1. The highest BCUT2D eigenvalue weighted by molar-refractivity contribution is 8.00. The van der Waals surface area contributed by atoms with Crippen molar-refractivity contribution in [3.05, 3.63) is 82.1 Å². The molecule has 0 aliphatic carbocycles. The number of anilines is 1. The fourth-order valence-corrected chi connectivity index (χ4v) is 8.40. The molecule has 3 aromatic heterocycles. The number of hydrogen-bond acceptors (Lipinski definition) is 10. The van der Waals surface area contributed by atoms with E-state index in [1.54, 1.807) is 23.7 Å². The number of amides is 2. The number of aliphatic carboxylic acids is 1. The number of fused-ring (bicyclic) bond motifs is 2. The summed E-state index contributed by atoms with van der Waals surface area (Å²) in [5.41, 5.74) is 7.92. The number of nitrogens with one attached hydrogen (secondary N) is 2. The molecule has 2 saturated heterocycles. The van der Waals surface area contributed by atoms with Crippen LogP contribution in [0, 0.1) is 11.2 Å². The SMILES string of the molecule is CO/N=C(\C(=O)N[C@@H]1C(=O)N2C(C(=O)O)=C(Cn3ccc4n3cc[n+]4Cc3ccc(C(=N)N4CCCCC4)cc3F)CS[C@H]12)c1csc(N)n1. The molecule has 2 fully saturated rings. The zero-order valence-corrected chi connectivity index (χ0v) is 28.5. The lowest BCUT2D eigenvalue weighted by Gasteiger charge is -2.49. The molecule has 0 saturated carbocycles. The van der Waals surface area contributed by atoms with Crippen LogP contribution in [0.1, 0.15) is 36.1 Å². The monoisotopic (exact) mass is 721 g/mol. The molecule has 15 nitrogen and oxygen atoms in total. The van der Waals surface area contributed by atoms with Gasteiger partial charge in [0.1, 0.15) is 54.3 Å². The molecule has 0 bridgehead atoms. The van der Waals surface area contributed by atoms with Crippen molar-refractivity contribution in [2.75, 3.05) is 31.7 Å². The number of amidine groups is 1. The van der Waals surface area contributed by atoms with E-state index < -0.39 is 29.2 Å². The van der Waals surface area contributed by atoms with Gasteiger partial charge in [0.2, 0.25) is 0 Å². The van der Waals surface area contributed by atoms with Crippen molar-refractivity contribution >= 4 is 63.2 Å². The van der Waals surface area contributed by atoms with Crippen LogP contribution in [-0.4, -0.2) is 95.8 Å². The van der Waals surface area contributed by atoms with Crippen LogP contribution >= 0.6 is 23.1 Å². The summed E-state index contributed by atoms with van der Waals surface area (Å²) in [6.45, 7) is 2.06. The highest BCUT2D eigenvalue weighted by Crippen LogP contribution is 2.41. The summed E-state index contributed by atoms with van der Waals surface area (Å²) in [5.74, 6) is -2.25. The van der Waals surface area contributed by atoms with Crippen LogP contribution in [0.15, 0.2) is 64.7 Å². The molecule has 1 aromatic carbocycles. The van der Waals surface area contributed by atoms with Crippen molar-refractivity contribution < 1.29 is 33.3 Å². The Morgan fingerprint density at radius 3 is 2.74 bits per heavy atom. The van der Waals surface area contributed by atoms with E-state index in [-0.39, 0.29) is 41.1 Å². The number of carboxylic acid groups (broad SMARTS) is 1. The highest BCUT2D eigenvalue weighted by atomic mass is 32.2. The van der Waals surface area contributed by atoms with Crippen molar-refractivity contribution in [1.82, 2.24) is 29.3 Å². The van der Waals surface area contributed by atoms with E-state index in [2.05, 4.69) is 15.5 Å². The average Bonchev–Trinajstić information content (AvgIpc) is 3.84. The highest BCUT2D eigenvalue weighted by Gasteiger charge is 2.54. The summed E-state index contributed by atoms with van der Waals surface area (Å²) in [4.78, 5) is 51.0. The maximum Gasteiger partial charge on any atom is 0.352 e. The van der Waals surface area contributed by atoms with Crippen LogP contribution in [-0.2, 0) is 32.3 Å². The number of nitrogen functional groups attached to an aromatic ring is 1. The summed E-state index contributed by atoms with van der Waals surface area (Å²) in [7, 11) is 1.27. The Balaban J connectivity index is 1.06. The van der Waals surface area contributed by atoms with E-state index in [4.69, 9.17) is 16.0 Å². The number of carbonyl (C=O) groups excluding carboxylic acids is 2. The summed E-state index contributed by atoms with van der Waals surface area (Å²) in [6, 6.07) is 5.81. The first-order valence-corrected chi connectivity index (χ1v) is 17.8. The predicted octanol–water partition coefficient (Wildman–Crippen LogP) is 1.85. The molecule has 0 unspecified atom stereocenters. The van der Waals surface area contributed by atoms with E-state index >= 15 is 4.39 Å². The number of carbonyl (C=O) groups is 3. The number of piperidine rings is 1. The summed E-state index contributed by atoms with van der Waals surface area (Å²) >= 11 is 2.46. The second-order valence-corrected chi connectivity index (χ2v) is 14.1. The van der Waals surface area contributed by atoms with Crippen LogP contribution in [0.2, 0.25) is 0 Å². The van der Waals surface area contributed by atoms with Gasteiger partial charge in [-0.15, -0.1) is 27.6 Å². The number of nitrogens with zero attached hydrogens (tertiary/aromatic N) is 7. The maximum absolute atomic E-state index is 15.3. The van der Waals surface area contributed by atoms with Crippen LogP contribution in [0.3, 0.4) is 0 Å². The molecule has 260 valence electrons. The second-order valence-electron chi connectivity index (χ2n) is 12.1. The molecule has 2 atom stereocenters. The van der Waals surface area contributed by atoms with Gasteiger partial charge in [-0.05, 0) is 30.9 Å². The Kier molecular flexibility index (Phi) is 9.04. The van der Waals surface area contributed by atoms with Crippen molar-refractivity contribution in [3.63, 3.8) is 0 Å². The third kappa shape index (κ3) is 6.08. The molecule has 7 rings (SSSR count). The molecule has 50 heavy (non-hydrogen) atoms. The molecule has 0 spiro atoms. The van der Waals surface area contributed by atoms with Gasteiger partial charge in [0.25, 0.3) is 11.8 Å². The van der Waals surface area contributed by atoms with Gasteiger partial charge in [0.15, 0.2) is 17.0 Å². The third-order valence-corrected chi connectivity index (χ3v) is 11.0. The maximum atomic E-state index is 15.3. The largest absolute Gasteiger partial charge is 0.477 e. The number of halogens is 1. The minimum Gasteiger partial charge on any atom is -0.477 e. The number of benzene rings is 1. The first-order valence-electron chi connectivity index (χ1n) is 15.9. The molecule has 4 aromatic rings. The number of thioether (sulfide) groups is 1. The number of thiazole rings is 1. The van der Waals surface area contributed by atoms with Gasteiger partial charge >= 0.3 is 11.6 Å². The standard InChI is InChI=1S/C32H33FN10O5S2/c1-48-38-24(22-17-50-32(35)36-22)28(44)37-25-29(45)43-26(31(46)47)20(16-49-30(25)43)15-41-10-7-23-40(11-12-42(23)41)14-19-6-5-18(13-21(19)33)27(34)39-8-3-2-4-9-39/h5-7,10-13,17,25,30,34H,2-4,8-9,14-16H2,1H3,(H3-,35,36,37,44,46,47)/p+1/b34-27?,38-24-/t25-,30-/m1/s1. The smallest absolute Gasteiger partial charge is 0.352 e. The van der Waals surface area contributed by atoms with E-state index in [0.717, 1.165) is 49.3 Å². The Hall–Kier alpha value is -5.23. The first kappa shape index (κ1) is 33.3. The van der Waals surface area contributed by atoms with Gasteiger partial charge in [0, 0.05) is 35.3 Å². The summed E-state index contributed by atoms with van der Waals surface area (Å²) in [5, 5.41) is 26.3. The molecular formula is C32H34FN10O5S2+. The second kappa shape index (κ2) is 13.6. The van der Waals surface area contributed by atoms with Crippen molar-refractivity contribution in [3.8, 4) is 0 Å². The fraction of sp³-hybridized carbons (Fsp3) is 0.344. The third-order valence-electron chi connectivity index (χ3n) is 8.98. The van der Waals surface area contributed by atoms with Gasteiger partial charge < -0.3 is 25.9 Å². The number of hydrogen-bond donors (Lipinski definition) is 4. The van der Waals surface area contributed by atoms with Crippen LogP contribution in [0.5, 0.6) is 0 Å². The number of β-lactam (4-membered cyclic amide) rings is 1. The van der Waals surface area contributed by atoms with Gasteiger partial charge in [-0.1, -0.05) is 17.3 Å². The molecule has 18 heteroatoms. The number of carboxylic acids is 1. The number of nitrogens with two attached hydrogens (primary N) is 1. The lowest BCUT2D eigenvalue weighted by molar-refractivity contribution is -0.662. The average molecular weight is 722 g/mol. The Morgan fingerprint density at radius 1 is 1.24 bits per heavy atom. The van der Waals surface area contributed by atoms with Gasteiger partial charge in [-0.25, -0.2) is 23.4 Å². The molecule has 0 radical (unpaired) electrons. The van der Waals surface area contributed by atoms with Gasteiger partial charge in [0.05, 0.1) is 18.8 Å². The van der Waals surface area contributed by atoms with Crippen molar-refractivity contribution in [1.29, 1.82) is 5.41 Å². The van der Waals surface area contributed by atoms with Crippen LogP contribution in [0.25, 0.3) is 5.65 Å². The van der Waals surface area contributed by atoms with Crippen LogP contribution in [0.4, 0.5) is 9.52 Å². The number of oxime groups is 1. The number of likely N-dealkylation sites (tertiary alicyclic amines) is 1. The number of imidazole rings is 1. The molecule has 3 aliphatic rings. The van der Waals surface area contributed by atoms with Gasteiger partial charge in [-0.3, -0.25) is 19.9 Å². The zero-order valence-electron chi connectivity index (χ0n) is 26.9. The Labute approximate surface area is 293 Å². The predicted molar refractivity (Wildman–Crippen MR) is 183 cm³/mol. The molecule has 6 heterocycles. The number of rotatable bonds is 10. The molecule has 2 amide bonds. The Bertz CT molecular complexity index is 2080. The number of aromatic nitrogens is 4.